The van der Waals surface area contributed by atoms with Crippen molar-refractivity contribution in [1.29, 1.82) is 0 Å². The van der Waals surface area contributed by atoms with Crippen LogP contribution < -0.4 is 11.1 Å². The van der Waals surface area contributed by atoms with Crippen molar-refractivity contribution in [2.45, 2.75) is 12.5 Å². The molecule has 3 N–H and O–H groups in total. The minimum atomic E-state index is -0.646. The van der Waals surface area contributed by atoms with Crippen molar-refractivity contribution in [3.05, 3.63) is 23.8 Å². The lowest BCUT2D eigenvalue weighted by atomic mass is 10.1. The molecule has 1 atom stereocenters. The van der Waals surface area contributed by atoms with E-state index in [0.29, 0.717) is 17.1 Å². The number of anilines is 1. The summed E-state index contributed by atoms with van der Waals surface area (Å²) in [6, 6.07) is 4.49. The number of benzene rings is 1. The van der Waals surface area contributed by atoms with Crippen molar-refractivity contribution in [2.24, 2.45) is 0 Å². The summed E-state index contributed by atoms with van der Waals surface area (Å²) < 4.78 is 5.57. The lowest BCUT2D eigenvalue weighted by Gasteiger charge is -2.16. The van der Waals surface area contributed by atoms with Gasteiger partial charge in [-0.25, -0.2) is 9.78 Å². The first-order valence-electron chi connectivity index (χ1n) is 6.59. The number of thioether (sulfide) groups is 1. The van der Waals surface area contributed by atoms with E-state index in [-0.39, 0.29) is 5.91 Å². The Morgan fingerprint density at radius 1 is 1.50 bits per heavy atom. The van der Waals surface area contributed by atoms with Gasteiger partial charge in [0.05, 0.1) is 17.3 Å². The number of rotatable bonds is 6. The quantitative estimate of drug-likeness (QED) is 0.781. The molecule has 0 fully saturated rings. The van der Waals surface area contributed by atoms with Gasteiger partial charge in [0, 0.05) is 5.56 Å². The Morgan fingerprint density at radius 3 is 2.95 bits per heavy atom. The molecule has 8 heteroatoms. The van der Waals surface area contributed by atoms with E-state index in [1.54, 1.807) is 30.0 Å². The molecule has 0 radical (unpaired) electrons. The van der Waals surface area contributed by atoms with Crippen molar-refractivity contribution in [3.63, 3.8) is 0 Å². The number of hydrogen-bond donors (Lipinski definition) is 2. The molecule has 1 amide bonds. The number of aromatic nitrogens is 1. The van der Waals surface area contributed by atoms with Crippen molar-refractivity contribution < 1.29 is 14.3 Å². The Balaban J connectivity index is 2.14. The predicted octanol–water partition coefficient (Wildman–Crippen LogP) is 1.90. The van der Waals surface area contributed by atoms with Crippen molar-refractivity contribution in [3.8, 4) is 0 Å². The number of thiazole rings is 1. The fraction of sp³-hybridized carbons (Fsp3) is 0.357. The third kappa shape index (κ3) is 3.89. The molecule has 1 unspecified atom stereocenters. The molecule has 1 aromatic heterocycles. The minimum Gasteiger partial charge on any atom is -0.467 e. The van der Waals surface area contributed by atoms with E-state index >= 15 is 0 Å². The van der Waals surface area contributed by atoms with Crippen LogP contribution in [0.25, 0.3) is 10.2 Å². The molecule has 0 saturated carbocycles. The second-order valence-electron chi connectivity index (χ2n) is 4.57. The Morgan fingerprint density at radius 2 is 2.27 bits per heavy atom. The van der Waals surface area contributed by atoms with Crippen LogP contribution in [0.5, 0.6) is 0 Å². The number of nitrogens with zero attached hydrogens (tertiary/aromatic N) is 1. The number of nitrogens with one attached hydrogen (secondary N) is 1. The fourth-order valence-electron chi connectivity index (χ4n) is 1.95. The highest BCUT2D eigenvalue weighted by molar-refractivity contribution is 7.98. The first-order valence-corrected chi connectivity index (χ1v) is 8.80. The Labute approximate surface area is 136 Å². The van der Waals surface area contributed by atoms with Gasteiger partial charge in [-0.15, -0.1) is 0 Å². The number of hydrogen-bond acceptors (Lipinski definition) is 7. The second kappa shape index (κ2) is 7.46. The lowest BCUT2D eigenvalue weighted by molar-refractivity contribution is -0.142. The fourth-order valence-corrected chi connectivity index (χ4v) is 3.20. The number of nitrogen functional groups attached to an aromatic ring is 1. The molecule has 0 spiro atoms. The summed E-state index contributed by atoms with van der Waals surface area (Å²) in [6.07, 6.45) is 2.47. The van der Waals surface area contributed by atoms with Crippen molar-refractivity contribution in [2.75, 3.05) is 24.9 Å². The molecule has 0 aliphatic carbocycles. The van der Waals surface area contributed by atoms with E-state index in [9.17, 15) is 9.59 Å². The normalized spacial score (nSPS) is 12.1. The highest BCUT2D eigenvalue weighted by Gasteiger charge is 2.22. The number of amides is 1. The van der Waals surface area contributed by atoms with Crippen molar-refractivity contribution >= 4 is 50.3 Å². The smallest absolute Gasteiger partial charge is 0.328 e. The molecule has 2 aromatic rings. The third-order valence-electron chi connectivity index (χ3n) is 3.07. The Hall–Kier alpha value is -1.80. The van der Waals surface area contributed by atoms with Gasteiger partial charge in [-0.1, -0.05) is 11.3 Å². The zero-order valence-electron chi connectivity index (χ0n) is 12.3. The zero-order chi connectivity index (χ0) is 16.1. The van der Waals surface area contributed by atoms with Gasteiger partial charge in [0.2, 0.25) is 0 Å². The molecule has 0 bridgehead atoms. The number of carbonyl (C=O) groups is 2. The van der Waals surface area contributed by atoms with Crippen LogP contribution in [0.15, 0.2) is 18.2 Å². The average molecular weight is 339 g/mol. The highest BCUT2D eigenvalue weighted by Crippen LogP contribution is 2.24. The number of methoxy groups -OCH3 is 1. The number of fused-ring (bicyclic) bond motifs is 1. The molecule has 0 aliphatic heterocycles. The van der Waals surface area contributed by atoms with Crippen LogP contribution in [0.4, 0.5) is 5.13 Å². The monoisotopic (exact) mass is 339 g/mol. The summed E-state index contributed by atoms with van der Waals surface area (Å²) in [7, 11) is 1.31. The SMILES string of the molecule is COC(=O)C(CCSC)NC(=O)c1ccc2nc(N)sc2c1. The van der Waals surface area contributed by atoms with E-state index in [4.69, 9.17) is 10.5 Å². The third-order valence-corrected chi connectivity index (χ3v) is 4.56. The molecular weight excluding hydrogens is 322 g/mol. The van der Waals surface area contributed by atoms with Crippen LogP contribution in [0.3, 0.4) is 0 Å². The summed E-state index contributed by atoms with van der Waals surface area (Å²) in [6.45, 7) is 0. The topological polar surface area (TPSA) is 94.3 Å². The Bertz CT molecular complexity index is 687. The lowest BCUT2D eigenvalue weighted by Crippen LogP contribution is -2.41. The summed E-state index contributed by atoms with van der Waals surface area (Å²) in [5, 5.41) is 3.17. The van der Waals surface area contributed by atoms with E-state index in [0.717, 1.165) is 16.0 Å². The van der Waals surface area contributed by atoms with Gasteiger partial charge >= 0.3 is 5.97 Å². The van der Waals surface area contributed by atoms with Crippen LogP contribution >= 0.6 is 23.1 Å². The van der Waals surface area contributed by atoms with Crippen molar-refractivity contribution in [1.82, 2.24) is 10.3 Å². The standard InChI is InChI=1S/C14H17N3O3S2/c1-20-13(19)10(5-6-21-2)16-12(18)8-3-4-9-11(7-8)22-14(15)17-9/h3-4,7,10H,5-6H2,1-2H3,(H2,15,17)(H,16,18). The summed E-state index contributed by atoms with van der Waals surface area (Å²) >= 11 is 2.92. The van der Waals surface area contributed by atoms with Gasteiger partial charge in [-0.3, -0.25) is 4.79 Å². The summed E-state index contributed by atoms with van der Waals surface area (Å²) in [4.78, 5) is 28.2. The maximum absolute atomic E-state index is 12.3. The highest BCUT2D eigenvalue weighted by atomic mass is 32.2. The molecule has 0 saturated heterocycles. The average Bonchev–Trinajstić information content (AvgIpc) is 2.89. The minimum absolute atomic E-state index is 0.314. The zero-order valence-corrected chi connectivity index (χ0v) is 13.9. The largest absolute Gasteiger partial charge is 0.467 e. The first-order chi connectivity index (χ1) is 10.5. The van der Waals surface area contributed by atoms with Gasteiger partial charge in [-0.05, 0) is 36.6 Å². The molecule has 22 heavy (non-hydrogen) atoms. The maximum Gasteiger partial charge on any atom is 0.328 e. The summed E-state index contributed by atoms with van der Waals surface area (Å²) in [5.74, 6) is 0.000616. The van der Waals surface area contributed by atoms with E-state index in [2.05, 4.69) is 10.3 Å². The molecule has 2 rings (SSSR count). The predicted molar refractivity (Wildman–Crippen MR) is 90.3 cm³/mol. The summed E-state index contributed by atoms with van der Waals surface area (Å²) in [5.41, 5.74) is 6.88. The first kappa shape index (κ1) is 16.6. The number of ether oxygens (including phenoxy) is 1. The van der Waals surface area contributed by atoms with E-state index in [1.165, 1.54) is 18.4 Å². The van der Waals surface area contributed by atoms with Gasteiger partial charge in [0.25, 0.3) is 5.91 Å². The second-order valence-corrected chi connectivity index (χ2v) is 6.61. The molecule has 1 aromatic carbocycles. The molecule has 0 aliphatic rings. The molecule has 118 valence electrons. The van der Waals surface area contributed by atoms with Crippen LogP contribution in [-0.2, 0) is 9.53 Å². The maximum atomic E-state index is 12.3. The molecule has 1 heterocycles. The number of carbonyl (C=O) groups excluding carboxylic acids is 2. The van der Waals surface area contributed by atoms with Gasteiger partial charge in [-0.2, -0.15) is 11.8 Å². The molecular formula is C14H17N3O3S2. The van der Waals surface area contributed by atoms with Crippen LogP contribution in [0, 0.1) is 0 Å². The number of nitrogens with two attached hydrogens (primary N) is 1. The van der Waals surface area contributed by atoms with Crippen LogP contribution in [-0.4, -0.2) is 42.0 Å². The number of esters is 1. The molecule has 6 nitrogen and oxygen atoms in total. The van der Waals surface area contributed by atoms with E-state index < -0.39 is 12.0 Å². The van der Waals surface area contributed by atoms with Gasteiger partial charge in [0.1, 0.15) is 6.04 Å². The van der Waals surface area contributed by atoms with Gasteiger partial charge < -0.3 is 15.8 Å². The Kier molecular flexibility index (Phi) is 5.62. The van der Waals surface area contributed by atoms with E-state index in [1.807, 2.05) is 6.26 Å². The van der Waals surface area contributed by atoms with Gasteiger partial charge in [0.15, 0.2) is 5.13 Å². The van der Waals surface area contributed by atoms with Crippen LogP contribution in [0.1, 0.15) is 16.8 Å². The van der Waals surface area contributed by atoms with Crippen LogP contribution in [0.2, 0.25) is 0 Å².